The number of aromatic nitrogens is 3. The molecule has 0 spiro atoms. The van der Waals surface area contributed by atoms with E-state index in [-0.39, 0.29) is 36.5 Å². The van der Waals surface area contributed by atoms with Gasteiger partial charge >= 0.3 is 11.6 Å². The van der Waals surface area contributed by atoms with Gasteiger partial charge in [0.15, 0.2) is 0 Å². The smallest absolute Gasteiger partial charge is 0.350 e. The minimum absolute atomic E-state index is 0.0689. The van der Waals surface area contributed by atoms with Crippen LogP contribution in [0.3, 0.4) is 0 Å². The number of benzene rings is 1. The second-order valence-electron chi connectivity index (χ2n) is 6.27. The van der Waals surface area contributed by atoms with Crippen molar-refractivity contribution in [1.82, 2.24) is 19.7 Å². The number of nitrogens with one attached hydrogen (secondary N) is 1. The van der Waals surface area contributed by atoms with Crippen LogP contribution in [0.25, 0.3) is 5.69 Å². The first-order valence-corrected chi connectivity index (χ1v) is 8.76. The van der Waals surface area contributed by atoms with E-state index in [0.717, 1.165) is 11.3 Å². The van der Waals surface area contributed by atoms with Gasteiger partial charge in [0.1, 0.15) is 6.20 Å². The lowest BCUT2D eigenvalue weighted by Crippen LogP contribution is -2.27. The molecule has 1 atom stereocenters. The molecule has 0 aliphatic rings. The number of nitro groups is 1. The topological polar surface area (TPSA) is 104 Å². The minimum atomic E-state index is -0.567. The van der Waals surface area contributed by atoms with Gasteiger partial charge in [0, 0.05) is 24.5 Å². The molecule has 1 amide bonds. The van der Waals surface area contributed by atoms with Gasteiger partial charge in [-0.1, -0.05) is 12.1 Å². The Labute approximate surface area is 161 Å². The monoisotopic (exact) mass is 383 g/mol. The summed E-state index contributed by atoms with van der Waals surface area (Å²) in [4.78, 5) is 22.7. The van der Waals surface area contributed by atoms with Crippen LogP contribution in [-0.4, -0.2) is 32.3 Å². The van der Waals surface area contributed by atoms with E-state index in [1.807, 2.05) is 60.3 Å². The van der Waals surface area contributed by atoms with Crippen LogP contribution >= 0.6 is 0 Å². The largest absolute Gasteiger partial charge is 0.475 e. The molecule has 146 valence electrons. The van der Waals surface area contributed by atoms with Gasteiger partial charge in [-0.15, -0.1) is 5.10 Å². The van der Waals surface area contributed by atoms with Gasteiger partial charge in [0.2, 0.25) is 5.91 Å². The second kappa shape index (κ2) is 8.38. The molecule has 0 aliphatic carbocycles. The number of hydrogen-bond donors (Lipinski definition) is 1. The van der Waals surface area contributed by atoms with Crippen LogP contribution in [0, 0.1) is 10.1 Å². The average Bonchev–Trinajstić information content (AvgIpc) is 3.36. The first-order chi connectivity index (χ1) is 13.5. The van der Waals surface area contributed by atoms with Crippen molar-refractivity contribution >= 4 is 11.6 Å². The predicted molar refractivity (Wildman–Crippen MR) is 102 cm³/mol. The minimum Gasteiger partial charge on any atom is -0.475 e. The van der Waals surface area contributed by atoms with E-state index in [9.17, 15) is 14.9 Å². The molecule has 9 heteroatoms. The lowest BCUT2D eigenvalue weighted by Gasteiger charge is -2.16. The van der Waals surface area contributed by atoms with Crippen molar-refractivity contribution in [3.05, 3.63) is 70.7 Å². The highest BCUT2D eigenvalue weighted by Gasteiger charge is 2.20. The fraction of sp³-hybridized carbons (Fsp3) is 0.263. The first-order valence-electron chi connectivity index (χ1n) is 8.76. The molecule has 1 aromatic carbocycles. The van der Waals surface area contributed by atoms with Gasteiger partial charge in [-0.25, -0.2) is 0 Å². The van der Waals surface area contributed by atoms with Gasteiger partial charge in [0.05, 0.1) is 24.6 Å². The van der Waals surface area contributed by atoms with Crippen molar-refractivity contribution in [2.24, 2.45) is 0 Å². The third-order valence-electron chi connectivity index (χ3n) is 4.32. The molecule has 2 heterocycles. The van der Waals surface area contributed by atoms with E-state index >= 15 is 0 Å². The highest BCUT2D eigenvalue weighted by atomic mass is 16.6. The molecule has 28 heavy (non-hydrogen) atoms. The highest BCUT2D eigenvalue weighted by molar-refractivity contribution is 5.76. The molecule has 3 rings (SSSR count). The Bertz CT molecular complexity index is 965. The van der Waals surface area contributed by atoms with Gasteiger partial charge in [-0.2, -0.15) is 0 Å². The lowest BCUT2D eigenvalue weighted by atomic mass is 10.1. The van der Waals surface area contributed by atoms with E-state index in [1.54, 1.807) is 0 Å². The van der Waals surface area contributed by atoms with E-state index in [4.69, 9.17) is 4.74 Å². The van der Waals surface area contributed by atoms with Crippen molar-refractivity contribution in [2.75, 3.05) is 7.11 Å². The Morgan fingerprint density at radius 2 is 2.07 bits per heavy atom. The normalized spacial score (nSPS) is 11.8. The number of methoxy groups -OCH3 is 1. The number of rotatable bonds is 8. The molecule has 0 fully saturated rings. The molecule has 0 bridgehead atoms. The zero-order valence-electron chi connectivity index (χ0n) is 15.6. The summed E-state index contributed by atoms with van der Waals surface area (Å²) in [6.07, 6.45) is 5.32. The Balaban J connectivity index is 1.59. The van der Waals surface area contributed by atoms with Crippen LogP contribution in [0.2, 0.25) is 0 Å². The molecule has 0 aliphatic heterocycles. The average molecular weight is 383 g/mol. The van der Waals surface area contributed by atoms with Crippen molar-refractivity contribution in [3.8, 4) is 11.6 Å². The highest BCUT2D eigenvalue weighted by Crippen LogP contribution is 2.24. The van der Waals surface area contributed by atoms with Crippen LogP contribution in [-0.2, 0) is 11.3 Å². The summed E-state index contributed by atoms with van der Waals surface area (Å²) in [7, 11) is 1.32. The number of amides is 1. The number of carbonyl (C=O) groups excluding carboxylic acids is 1. The summed E-state index contributed by atoms with van der Waals surface area (Å²) < 4.78 is 8.22. The molecule has 1 N–H and O–H groups in total. The Morgan fingerprint density at radius 1 is 1.32 bits per heavy atom. The van der Waals surface area contributed by atoms with Crippen molar-refractivity contribution in [1.29, 1.82) is 0 Å². The maximum atomic E-state index is 12.3. The summed E-state index contributed by atoms with van der Waals surface area (Å²) >= 11 is 0. The first kappa shape index (κ1) is 19.2. The van der Waals surface area contributed by atoms with Gasteiger partial charge in [0.25, 0.3) is 0 Å². The molecule has 0 saturated heterocycles. The van der Waals surface area contributed by atoms with Gasteiger partial charge in [-0.05, 0) is 36.8 Å². The molecular formula is C19H21N5O4. The van der Waals surface area contributed by atoms with Crippen molar-refractivity contribution < 1.29 is 14.5 Å². The summed E-state index contributed by atoms with van der Waals surface area (Å²) in [5, 5.41) is 17.9. The van der Waals surface area contributed by atoms with E-state index in [0.29, 0.717) is 0 Å². The zero-order chi connectivity index (χ0) is 20.1. The van der Waals surface area contributed by atoms with Gasteiger partial charge in [-0.3, -0.25) is 19.6 Å². The number of ether oxygens (including phenoxy) is 1. The molecular weight excluding hydrogens is 362 g/mol. The predicted octanol–water partition coefficient (Wildman–Crippen LogP) is 2.86. The third kappa shape index (κ3) is 4.37. The second-order valence-corrected chi connectivity index (χ2v) is 6.27. The summed E-state index contributed by atoms with van der Waals surface area (Å²) in [5.41, 5.74) is 1.77. The SMILES string of the molecule is COc1nn(CCC(=O)NC(C)c2cccc(-n3cccc3)c2)cc1[N+](=O)[O-]. The molecule has 9 nitrogen and oxygen atoms in total. The number of aryl methyl sites for hydroxylation is 1. The Morgan fingerprint density at radius 3 is 2.71 bits per heavy atom. The summed E-state index contributed by atoms with van der Waals surface area (Å²) in [6, 6.07) is 11.6. The Hall–Kier alpha value is -3.62. The van der Waals surface area contributed by atoms with E-state index in [2.05, 4.69) is 10.4 Å². The van der Waals surface area contributed by atoms with E-state index in [1.165, 1.54) is 18.0 Å². The Kier molecular flexibility index (Phi) is 5.73. The number of hydrogen-bond acceptors (Lipinski definition) is 5. The van der Waals surface area contributed by atoms with Gasteiger partial charge < -0.3 is 14.6 Å². The fourth-order valence-electron chi connectivity index (χ4n) is 2.85. The quantitative estimate of drug-likeness (QED) is 0.476. The summed E-state index contributed by atoms with van der Waals surface area (Å²) in [6.45, 7) is 2.13. The molecule has 0 radical (unpaired) electrons. The van der Waals surface area contributed by atoms with Crippen LogP contribution in [0.4, 0.5) is 5.69 Å². The number of carbonyl (C=O) groups is 1. The molecule has 1 unspecified atom stereocenters. The van der Waals surface area contributed by atoms with Crippen LogP contribution < -0.4 is 10.1 Å². The molecule has 3 aromatic rings. The standard InChI is InChI=1S/C19H21N5O4/c1-14(15-6-5-7-16(12-15)22-9-3-4-10-22)20-18(25)8-11-23-13-17(24(26)27)19(21-23)28-2/h3-7,9-10,12-14H,8,11H2,1-2H3,(H,20,25). The van der Waals surface area contributed by atoms with E-state index < -0.39 is 4.92 Å². The molecule has 0 saturated carbocycles. The fourth-order valence-corrected chi connectivity index (χ4v) is 2.85. The summed E-state index contributed by atoms with van der Waals surface area (Å²) in [5.74, 6) is -0.239. The lowest BCUT2D eigenvalue weighted by molar-refractivity contribution is -0.385. The van der Waals surface area contributed by atoms with Crippen molar-refractivity contribution in [3.63, 3.8) is 0 Å². The number of nitrogens with zero attached hydrogens (tertiary/aromatic N) is 4. The third-order valence-corrected chi connectivity index (χ3v) is 4.32. The molecule has 2 aromatic heterocycles. The van der Waals surface area contributed by atoms with Crippen LogP contribution in [0.15, 0.2) is 55.0 Å². The van der Waals surface area contributed by atoms with Crippen molar-refractivity contribution in [2.45, 2.75) is 25.9 Å². The van der Waals surface area contributed by atoms with Crippen LogP contribution in [0.5, 0.6) is 5.88 Å². The maximum absolute atomic E-state index is 12.3. The van der Waals surface area contributed by atoms with Crippen LogP contribution in [0.1, 0.15) is 24.9 Å². The zero-order valence-corrected chi connectivity index (χ0v) is 15.6. The maximum Gasteiger partial charge on any atom is 0.350 e.